The first-order chi connectivity index (χ1) is 12.9. The van der Waals surface area contributed by atoms with Crippen LogP contribution in [-0.4, -0.2) is 39.8 Å². The molecule has 0 spiro atoms. The zero-order valence-corrected chi connectivity index (χ0v) is 17.4. The molecule has 2 N–H and O–H groups in total. The fourth-order valence-corrected chi connectivity index (χ4v) is 6.05. The molecule has 2 aliphatic carbocycles. The van der Waals surface area contributed by atoms with Crippen molar-refractivity contribution in [3.8, 4) is 0 Å². The molecule has 0 amide bonds. The molecule has 1 aromatic heterocycles. The second kappa shape index (κ2) is 6.99. The van der Waals surface area contributed by atoms with Crippen molar-refractivity contribution >= 4 is 11.8 Å². The molecular formula is C22H32O6. The van der Waals surface area contributed by atoms with Gasteiger partial charge in [-0.05, 0) is 37.3 Å². The van der Waals surface area contributed by atoms with Gasteiger partial charge in [0, 0.05) is 29.6 Å². The molecule has 0 unspecified atom stereocenters. The molecule has 0 radical (unpaired) electrons. The summed E-state index contributed by atoms with van der Waals surface area (Å²) >= 11 is 0. The fraction of sp³-hybridized carbons (Fsp3) is 0.727. The molecule has 2 fully saturated rings. The van der Waals surface area contributed by atoms with Crippen molar-refractivity contribution in [3.63, 3.8) is 0 Å². The van der Waals surface area contributed by atoms with Crippen LogP contribution in [0.4, 0.5) is 0 Å². The van der Waals surface area contributed by atoms with Gasteiger partial charge in [-0.15, -0.1) is 0 Å². The van der Waals surface area contributed by atoms with E-state index in [0.717, 1.165) is 5.56 Å². The van der Waals surface area contributed by atoms with Crippen LogP contribution < -0.4 is 0 Å². The van der Waals surface area contributed by atoms with Gasteiger partial charge in [-0.25, -0.2) is 0 Å². The molecule has 2 aliphatic rings. The fourth-order valence-electron chi connectivity index (χ4n) is 6.05. The number of aryl methyl sites for hydroxylation is 1. The number of fused-ring (bicyclic) bond motifs is 1. The number of aliphatic hydroxyl groups is 2. The molecule has 0 aromatic carbocycles. The predicted molar refractivity (Wildman–Crippen MR) is 102 cm³/mol. The zero-order chi connectivity index (χ0) is 20.9. The summed E-state index contributed by atoms with van der Waals surface area (Å²) in [5.41, 5.74) is -1.66. The van der Waals surface area contributed by atoms with Crippen LogP contribution >= 0.6 is 0 Å². The molecule has 6 nitrogen and oxygen atoms in total. The minimum absolute atomic E-state index is 0.339. The van der Waals surface area contributed by atoms with Gasteiger partial charge in [-0.2, -0.15) is 0 Å². The summed E-state index contributed by atoms with van der Waals surface area (Å²) in [4.78, 5) is 24.6. The number of hydrogen-bond acceptors (Lipinski definition) is 6. The highest BCUT2D eigenvalue weighted by molar-refractivity contribution is 5.88. The normalized spacial score (nSPS) is 40.0. The summed E-state index contributed by atoms with van der Waals surface area (Å²) in [6.07, 6.45) is 3.77. The summed E-state index contributed by atoms with van der Waals surface area (Å²) in [6.45, 7) is 8.91. The maximum Gasteiger partial charge on any atom is 0.302 e. The Kier molecular flexibility index (Phi) is 5.26. The first-order valence-electron chi connectivity index (χ1n) is 10.1. The Morgan fingerprint density at radius 2 is 2.04 bits per heavy atom. The van der Waals surface area contributed by atoms with Crippen LogP contribution in [0.1, 0.15) is 59.4 Å². The highest BCUT2D eigenvalue weighted by Crippen LogP contribution is 2.63. The van der Waals surface area contributed by atoms with E-state index in [-0.39, 0.29) is 11.8 Å². The number of ketones is 1. The lowest BCUT2D eigenvalue weighted by atomic mass is 9.42. The van der Waals surface area contributed by atoms with E-state index >= 15 is 0 Å². The molecule has 0 saturated heterocycles. The van der Waals surface area contributed by atoms with E-state index in [1.807, 2.05) is 26.8 Å². The first-order valence-corrected chi connectivity index (χ1v) is 10.1. The van der Waals surface area contributed by atoms with E-state index in [9.17, 15) is 19.8 Å². The average Bonchev–Trinajstić information content (AvgIpc) is 3.12. The quantitative estimate of drug-likeness (QED) is 0.765. The molecule has 1 heterocycles. The number of furan rings is 1. The number of ether oxygens (including phenoxy) is 1. The van der Waals surface area contributed by atoms with Gasteiger partial charge < -0.3 is 19.4 Å². The lowest BCUT2D eigenvalue weighted by molar-refractivity contribution is -0.252. The summed E-state index contributed by atoms with van der Waals surface area (Å²) in [6, 6.07) is 1.86. The van der Waals surface area contributed by atoms with Crippen molar-refractivity contribution in [2.45, 2.75) is 78.1 Å². The van der Waals surface area contributed by atoms with Crippen LogP contribution in [0.3, 0.4) is 0 Å². The molecule has 28 heavy (non-hydrogen) atoms. The molecule has 2 saturated carbocycles. The second-order valence-electron chi connectivity index (χ2n) is 9.48. The second-order valence-corrected chi connectivity index (χ2v) is 9.48. The lowest BCUT2D eigenvalue weighted by Gasteiger charge is -2.64. The first kappa shape index (κ1) is 21.1. The molecule has 6 heteroatoms. The van der Waals surface area contributed by atoms with E-state index < -0.39 is 40.5 Å². The van der Waals surface area contributed by atoms with Gasteiger partial charge in [0.05, 0.1) is 18.1 Å². The maximum atomic E-state index is 13.0. The molecule has 3 rings (SSSR count). The lowest BCUT2D eigenvalue weighted by Crippen LogP contribution is -2.71. The zero-order valence-electron chi connectivity index (χ0n) is 17.4. The Labute approximate surface area is 166 Å². The third-order valence-electron chi connectivity index (χ3n) is 7.67. The minimum atomic E-state index is -1.27. The van der Waals surface area contributed by atoms with Crippen LogP contribution in [0.5, 0.6) is 0 Å². The van der Waals surface area contributed by atoms with Gasteiger partial charge in [0.2, 0.25) is 0 Å². The van der Waals surface area contributed by atoms with Crippen molar-refractivity contribution < 1.29 is 29.0 Å². The van der Waals surface area contributed by atoms with Gasteiger partial charge in [-0.3, -0.25) is 9.59 Å². The number of esters is 1. The van der Waals surface area contributed by atoms with E-state index in [0.29, 0.717) is 25.7 Å². The van der Waals surface area contributed by atoms with Gasteiger partial charge in [0.25, 0.3) is 0 Å². The Bertz CT molecular complexity index is 738. The Morgan fingerprint density at radius 1 is 1.36 bits per heavy atom. The standard InChI is InChI=1S/C22H32O6/c1-13-17(24)18(25)19-20(3,4)16(28-14(2)23)7-9-21(19,5)22(13,26)10-6-15-8-11-27-12-15/h8,11-13,16,18-19,25-26H,6-7,9-10H2,1-5H3/t13-,16+,18+,19+,21+,22-/m0/s1. The number of Topliss-reactive ketones (excluding diaryl/α,β-unsaturated/α-hetero) is 1. The number of rotatable bonds is 4. The van der Waals surface area contributed by atoms with E-state index in [2.05, 4.69) is 0 Å². The molecule has 0 aliphatic heterocycles. The van der Waals surface area contributed by atoms with Gasteiger partial charge >= 0.3 is 5.97 Å². The van der Waals surface area contributed by atoms with Crippen LogP contribution in [0.15, 0.2) is 23.0 Å². The third-order valence-corrected chi connectivity index (χ3v) is 7.67. The molecule has 0 bridgehead atoms. The van der Waals surface area contributed by atoms with Crippen LogP contribution in [-0.2, 0) is 20.7 Å². The summed E-state index contributed by atoms with van der Waals surface area (Å²) in [5.74, 6) is -1.91. The number of aliphatic hydroxyl groups excluding tert-OH is 1. The van der Waals surface area contributed by atoms with E-state index in [1.165, 1.54) is 6.92 Å². The molecular weight excluding hydrogens is 360 g/mol. The smallest absolute Gasteiger partial charge is 0.302 e. The molecule has 156 valence electrons. The van der Waals surface area contributed by atoms with Crippen molar-refractivity contribution in [1.82, 2.24) is 0 Å². The minimum Gasteiger partial charge on any atom is -0.472 e. The molecule has 6 atom stereocenters. The Morgan fingerprint density at radius 3 is 2.61 bits per heavy atom. The maximum absolute atomic E-state index is 13.0. The highest BCUT2D eigenvalue weighted by Gasteiger charge is 2.69. The monoisotopic (exact) mass is 392 g/mol. The summed E-state index contributed by atoms with van der Waals surface area (Å²) in [7, 11) is 0. The number of hydrogen-bond donors (Lipinski definition) is 2. The Hall–Kier alpha value is -1.66. The van der Waals surface area contributed by atoms with Crippen LogP contribution in [0.2, 0.25) is 0 Å². The van der Waals surface area contributed by atoms with Gasteiger partial charge in [0.15, 0.2) is 5.78 Å². The van der Waals surface area contributed by atoms with Crippen LogP contribution in [0.25, 0.3) is 0 Å². The summed E-state index contributed by atoms with van der Waals surface area (Å²) in [5, 5.41) is 22.9. The molecule has 1 aromatic rings. The number of carbonyl (C=O) groups excluding carboxylic acids is 2. The predicted octanol–water partition coefficient (Wildman–Crippen LogP) is 2.90. The Balaban J connectivity index is 2.00. The van der Waals surface area contributed by atoms with Crippen molar-refractivity contribution in [1.29, 1.82) is 0 Å². The van der Waals surface area contributed by atoms with Crippen molar-refractivity contribution in [2.24, 2.45) is 22.7 Å². The van der Waals surface area contributed by atoms with Crippen LogP contribution in [0, 0.1) is 22.7 Å². The average molecular weight is 392 g/mol. The topological polar surface area (TPSA) is 97.0 Å². The van der Waals surface area contributed by atoms with Crippen molar-refractivity contribution in [2.75, 3.05) is 0 Å². The third kappa shape index (κ3) is 3.01. The van der Waals surface area contributed by atoms with E-state index in [4.69, 9.17) is 9.15 Å². The van der Waals surface area contributed by atoms with Crippen molar-refractivity contribution in [3.05, 3.63) is 24.2 Å². The van der Waals surface area contributed by atoms with Gasteiger partial charge in [0.1, 0.15) is 12.2 Å². The highest BCUT2D eigenvalue weighted by atomic mass is 16.5. The SMILES string of the molecule is CC(=O)O[C@@H]1CC[C@]2(C)[C@H]([C@H](O)C(=O)[C@H](C)[C@@]2(O)CCc2ccoc2)C1(C)C. The van der Waals surface area contributed by atoms with E-state index in [1.54, 1.807) is 19.5 Å². The van der Waals surface area contributed by atoms with Gasteiger partial charge in [-0.1, -0.05) is 27.7 Å². The largest absolute Gasteiger partial charge is 0.472 e. The summed E-state index contributed by atoms with van der Waals surface area (Å²) < 4.78 is 10.7. The number of carbonyl (C=O) groups is 2.